The molecule has 4 rings (SSSR count). The van der Waals surface area contributed by atoms with Crippen LogP contribution in [0.2, 0.25) is 0 Å². The van der Waals surface area contributed by atoms with Gasteiger partial charge in [0.05, 0.1) is 0 Å². The van der Waals surface area contributed by atoms with Crippen LogP contribution in [-0.4, -0.2) is 58.3 Å². The second-order valence-electron chi connectivity index (χ2n) is 9.86. The zero-order valence-corrected chi connectivity index (χ0v) is 18.0. The Labute approximate surface area is 173 Å². The molecule has 0 radical (unpaired) electrons. The number of anilines is 3. The number of rotatable bonds is 3. The van der Waals surface area contributed by atoms with Crippen molar-refractivity contribution < 1.29 is 9.53 Å². The zero-order chi connectivity index (χ0) is 20.8. The number of piperazine rings is 1. The van der Waals surface area contributed by atoms with Gasteiger partial charge in [0.15, 0.2) is 0 Å². The van der Waals surface area contributed by atoms with Crippen LogP contribution in [0.5, 0.6) is 0 Å². The molecule has 0 aromatic carbocycles. The molecule has 1 aromatic heterocycles. The normalized spacial score (nSPS) is 29.2. The summed E-state index contributed by atoms with van der Waals surface area (Å²) < 4.78 is 5.54. The van der Waals surface area contributed by atoms with Gasteiger partial charge in [-0.2, -0.15) is 9.97 Å². The Hall–Kier alpha value is -2.25. The van der Waals surface area contributed by atoms with Gasteiger partial charge in [0.25, 0.3) is 0 Å². The Morgan fingerprint density at radius 3 is 2.66 bits per heavy atom. The Morgan fingerprint density at radius 2 is 2.03 bits per heavy atom. The molecule has 0 spiro atoms. The lowest BCUT2D eigenvalue weighted by Crippen LogP contribution is -2.55. The fraction of sp³-hybridized carbons (Fsp3) is 0.762. The highest BCUT2D eigenvalue weighted by Gasteiger charge is 2.39. The van der Waals surface area contributed by atoms with Crippen molar-refractivity contribution in [3.8, 4) is 0 Å². The summed E-state index contributed by atoms with van der Waals surface area (Å²) >= 11 is 0. The summed E-state index contributed by atoms with van der Waals surface area (Å²) in [6.45, 7) is 9.67. The first-order valence-electron chi connectivity index (χ1n) is 10.8. The molecule has 8 nitrogen and oxygen atoms in total. The van der Waals surface area contributed by atoms with Crippen molar-refractivity contribution in [2.75, 3.05) is 35.6 Å². The number of aromatic nitrogens is 2. The van der Waals surface area contributed by atoms with Crippen LogP contribution in [-0.2, 0) is 4.74 Å². The molecule has 8 heteroatoms. The number of nitrogens with one attached hydrogen (secondary N) is 1. The predicted octanol–water partition coefficient (Wildman–Crippen LogP) is 3.10. The lowest BCUT2D eigenvalue weighted by molar-refractivity contribution is 0.0158. The number of hydrogen-bond donors (Lipinski definition) is 2. The van der Waals surface area contributed by atoms with Gasteiger partial charge in [-0.3, -0.25) is 0 Å². The Kier molecular flexibility index (Phi) is 5.21. The summed E-state index contributed by atoms with van der Waals surface area (Å²) in [5.74, 6) is 3.55. The van der Waals surface area contributed by atoms with E-state index in [0.29, 0.717) is 25.7 Å². The summed E-state index contributed by atoms with van der Waals surface area (Å²) in [6, 6.07) is 2.52. The molecule has 3 aliphatic rings. The second kappa shape index (κ2) is 7.54. The van der Waals surface area contributed by atoms with Crippen LogP contribution in [0.3, 0.4) is 0 Å². The lowest BCUT2D eigenvalue weighted by atomic mass is 9.95. The number of carbonyl (C=O) groups excluding carboxylic acids is 1. The van der Waals surface area contributed by atoms with Gasteiger partial charge in [0, 0.05) is 37.8 Å². The minimum atomic E-state index is -0.491. The Morgan fingerprint density at radius 1 is 1.24 bits per heavy atom. The molecule has 3 fully saturated rings. The average Bonchev–Trinajstić information content (AvgIpc) is 3.22. The number of hydrogen-bond acceptors (Lipinski definition) is 7. The predicted molar refractivity (Wildman–Crippen MR) is 114 cm³/mol. The highest BCUT2D eigenvalue weighted by Crippen LogP contribution is 2.45. The fourth-order valence-corrected chi connectivity index (χ4v) is 5.06. The number of nitrogens with zero attached hydrogens (tertiary/aromatic N) is 4. The van der Waals surface area contributed by atoms with Crippen molar-refractivity contribution in [3.63, 3.8) is 0 Å². The van der Waals surface area contributed by atoms with Gasteiger partial charge in [-0.1, -0.05) is 6.42 Å². The molecule has 1 saturated heterocycles. The van der Waals surface area contributed by atoms with E-state index in [2.05, 4.69) is 20.2 Å². The van der Waals surface area contributed by atoms with Crippen molar-refractivity contribution in [1.82, 2.24) is 14.9 Å². The minimum absolute atomic E-state index is 0.0248. The Bertz CT molecular complexity index is 764. The quantitative estimate of drug-likeness (QED) is 0.802. The molecular weight excluding hydrogens is 368 g/mol. The highest BCUT2D eigenvalue weighted by atomic mass is 16.6. The van der Waals surface area contributed by atoms with E-state index in [1.807, 2.05) is 33.8 Å². The van der Waals surface area contributed by atoms with E-state index in [9.17, 15) is 4.79 Å². The topological polar surface area (TPSA) is 96.6 Å². The Balaban J connectivity index is 1.41. The molecule has 3 N–H and O–H groups in total. The van der Waals surface area contributed by atoms with Crippen molar-refractivity contribution in [2.45, 2.75) is 71.1 Å². The fourth-order valence-electron chi connectivity index (χ4n) is 5.06. The molecule has 1 aliphatic heterocycles. The molecule has 2 aliphatic carbocycles. The summed E-state index contributed by atoms with van der Waals surface area (Å²) in [5.41, 5.74) is 5.53. The van der Waals surface area contributed by atoms with E-state index >= 15 is 0 Å². The van der Waals surface area contributed by atoms with Crippen LogP contribution in [0, 0.1) is 11.8 Å². The maximum atomic E-state index is 12.5. The molecule has 4 atom stereocenters. The van der Waals surface area contributed by atoms with E-state index in [4.69, 9.17) is 10.5 Å². The summed E-state index contributed by atoms with van der Waals surface area (Å²) in [5, 5.41) is 3.61. The monoisotopic (exact) mass is 402 g/mol. The van der Waals surface area contributed by atoms with Gasteiger partial charge in [-0.25, -0.2) is 4.79 Å². The zero-order valence-electron chi connectivity index (χ0n) is 18.0. The number of fused-ring (bicyclic) bond motifs is 2. The van der Waals surface area contributed by atoms with Crippen molar-refractivity contribution >= 4 is 23.7 Å². The average molecular weight is 403 g/mol. The van der Waals surface area contributed by atoms with E-state index in [0.717, 1.165) is 23.5 Å². The van der Waals surface area contributed by atoms with Crippen LogP contribution >= 0.6 is 0 Å². The maximum Gasteiger partial charge on any atom is 0.410 e. The largest absolute Gasteiger partial charge is 0.444 e. The van der Waals surface area contributed by atoms with Gasteiger partial charge in [-0.15, -0.1) is 0 Å². The van der Waals surface area contributed by atoms with Gasteiger partial charge in [-0.05, 0) is 58.8 Å². The molecule has 1 unspecified atom stereocenters. The van der Waals surface area contributed by atoms with E-state index < -0.39 is 5.60 Å². The summed E-state index contributed by atoms with van der Waals surface area (Å²) in [4.78, 5) is 25.3. The van der Waals surface area contributed by atoms with Crippen molar-refractivity contribution in [1.29, 1.82) is 0 Å². The van der Waals surface area contributed by atoms with E-state index in [1.165, 1.54) is 25.7 Å². The van der Waals surface area contributed by atoms with Crippen LogP contribution in [0.15, 0.2) is 6.07 Å². The van der Waals surface area contributed by atoms with Gasteiger partial charge < -0.3 is 25.6 Å². The minimum Gasteiger partial charge on any atom is -0.444 e. The van der Waals surface area contributed by atoms with Crippen LogP contribution < -0.4 is 16.0 Å². The van der Waals surface area contributed by atoms with Crippen molar-refractivity contribution in [2.24, 2.45) is 11.8 Å². The molecule has 1 aromatic rings. The second-order valence-corrected chi connectivity index (χ2v) is 9.86. The van der Waals surface area contributed by atoms with E-state index in [1.54, 1.807) is 4.90 Å². The maximum absolute atomic E-state index is 12.5. The number of nitrogens with two attached hydrogens (primary N) is 1. The number of amides is 1. The van der Waals surface area contributed by atoms with Gasteiger partial charge in [0.1, 0.15) is 17.2 Å². The standard InChI is InChI=1S/C21H34N6O2/c1-13-12-26(7-8-27(13)20(28)29-21(2,3)4)18-11-17(24-19(22)25-18)23-16-10-14-5-6-15(16)9-14/h11,13-16H,5-10,12H2,1-4H3,(H3,22,23,24,25)/t13?,14-,15+,16+/m0/s1. The number of carbonyl (C=O) groups is 1. The molecular formula is C21H34N6O2. The van der Waals surface area contributed by atoms with E-state index in [-0.39, 0.29) is 18.1 Å². The third-order valence-electron chi connectivity index (χ3n) is 6.38. The molecule has 2 saturated carbocycles. The van der Waals surface area contributed by atoms with Crippen LogP contribution in [0.1, 0.15) is 53.4 Å². The molecule has 29 heavy (non-hydrogen) atoms. The third kappa shape index (κ3) is 4.51. The van der Waals surface area contributed by atoms with Crippen LogP contribution in [0.25, 0.3) is 0 Å². The highest BCUT2D eigenvalue weighted by molar-refractivity contribution is 5.69. The number of ether oxygens (including phenoxy) is 1. The molecule has 2 bridgehead atoms. The third-order valence-corrected chi connectivity index (χ3v) is 6.38. The first kappa shape index (κ1) is 20.0. The number of nitrogen functional groups attached to an aromatic ring is 1. The summed E-state index contributed by atoms with van der Waals surface area (Å²) in [6.07, 6.45) is 5.01. The molecule has 2 heterocycles. The first-order chi connectivity index (χ1) is 13.7. The lowest BCUT2D eigenvalue weighted by Gasteiger charge is -2.40. The van der Waals surface area contributed by atoms with Gasteiger partial charge >= 0.3 is 6.09 Å². The van der Waals surface area contributed by atoms with Gasteiger partial charge in [0.2, 0.25) is 5.95 Å². The SMILES string of the molecule is CC1CN(c2cc(N[C@@H]3C[C@H]4CC[C@@H]3C4)nc(N)n2)CCN1C(=O)OC(C)(C)C. The molecule has 1 amide bonds. The first-order valence-corrected chi connectivity index (χ1v) is 10.8. The van der Waals surface area contributed by atoms with Crippen LogP contribution in [0.4, 0.5) is 22.4 Å². The smallest absolute Gasteiger partial charge is 0.410 e. The summed E-state index contributed by atoms with van der Waals surface area (Å²) in [7, 11) is 0. The molecule has 160 valence electrons. The van der Waals surface area contributed by atoms with Crippen molar-refractivity contribution in [3.05, 3.63) is 6.07 Å².